The molecule has 4 nitrogen and oxygen atoms in total. The summed E-state index contributed by atoms with van der Waals surface area (Å²) in [5.74, 6) is 1.06. The van der Waals surface area contributed by atoms with Crippen molar-refractivity contribution < 1.29 is 18.0 Å². The quantitative estimate of drug-likeness (QED) is 0.741. The maximum atomic E-state index is 12.7. The molecule has 2 fully saturated rings. The molecule has 28 heavy (non-hydrogen) atoms. The molecule has 2 aliphatic rings. The van der Waals surface area contributed by atoms with Crippen molar-refractivity contribution in [1.29, 1.82) is 0 Å². The first-order chi connectivity index (χ1) is 13.3. The zero-order valence-electron chi connectivity index (χ0n) is 16.6. The number of nitrogens with one attached hydrogen (secondary N) is 2. The van der Waals surface area contributed by atoms with E-state index in [0.29, 0.717) is 18.4 Å². The van der Waals surface area contributed by atoms with Crippen molar-refractivity contribution in [1.82, 2.24) is 15.5 Å². The molecule has 1 amide bonds. The predicted molar refractivity (Wildman–Crippen MR) is 103 cm³/mol. The van der Waals surface area contributed by atoms with Gasteiger partial charge in [0.15, 0.2) is 0 Å². The van der Waals surface area contributed by atoms with E-state index in [-0.39, 0.29) is 18.0 Å². The van der Waals surface area contributed by atoms with E-state index in [0.717, 1.165) is 56.5 Å². The van der Waals surface area contributed by atoms with Crippen molar-refractivity contribution in [2.45, 2.75) is 57.4 Å². The van der Waals surface area contributed by atoms with E-state index in [9.17, 15) is 18.0 Å². The van der Waals surface area contributed by atoms with Crippen LogP contribution < -0.4 is 10.6 Å². The van der Waals surface area contributed by atoms with Gasteiger partial charge in [0.25, 0.3) is 0 Å². The van der Waals surface area contributed by atoms with Gasteiger partial charge in [-0.1, -0.05) is 25.5 Å². The van der Waals surface area contributed by atoms with Crippen LogP contribution in [0.25, 0.3) is 0 Å². The maximum absolute atomic E-state index is 12.7. The van der Waals surface area contributed by atoms with Gasteiger partial charge in [0.2, 0.25) is 5.91 Å². The lowest BCUT2D eigenvalue weighted by atomic mass is 9.97. The monoisotopic (exact) mass is 397 g/mol. The van der Waals surface area contributed by atoms with Crippen LogP contribution in [0.15, 0.2) is 24.3 Å². The second kappa shape index (κ2) is 8.82. The number of benzene rings is 1. The van der Waals surface area contributed by atoms with Gasteiger partial charge in [-0.2, -0.15) is 13.2 Å². The maximum Gasteiger partial charge on any atom is 0.416 e. The first-order valence-corrected chi connectivity index (χ1v) is 10.2. The fourth-order valence-electron chi connectivity index (χ4n) is 4.70. The molecule has 1 aliphatic heterocycles. The van der Waals surface area contributed by atoms with Gasteiger partial charge < -0.3 is 10.6 Å². The number of nitrogens with zero attached hydrogens (tertiary/aromatic N) is 1. The van der Waals surface area contributed by atoms with Crippen molar-refractivity contribution in [3.8, 4) is 0 Å². The van der Waals surface area contributed by atoms with Crippen molar-refractivity contribution in [3.63, 3.8) is 0 Å². The standard InChI is InChI=1S/C21H30F3N3O/c1-3-4-19(25-2)20(28)26-18-10-7-15-12-27(13-17(15)18)11-14-5-8-16(9-6-14)21(22,23)24/h5-6,8-9,15,17-19,25H,3-4,7,10-13H2,1-2H3,(H,26,28)/t15-,17+,18+,19+/m1/s1. The topological polar surface area (TPSA) is 44.4 Å². The highest BCUT2D eigenvalue weighted by atomic mass is 19.4. The number of halogens is 3. The molecule has 0 aromatic heterocycles. The summed E-state index contributed by atoms with van der Waals surface area (Å²) in [6, 6.07) is 5.50. The summed E-state index contributed by atoms with van der Waals surface area (Å²) < 4.78 is 38.1. The number of rotatable bonds is 7. The first kappa shape index (κ1) is 21.1. The summed E-state index contributed by atoms with van der Waals surface area (Å²) in [5, 5.41) is 6.33. The van der Waals surface area contributed by atoms with Crippen molar-refractivity contribution in [2.24, 2.45) is 11.8 Å². The number of fused-ring (bicyclic) bond motifs is 1. The lowest BCUT2D eigenvalue weighted by molar-refractivity contribution is -0.137. The Hall–Kier alpha value is -1.60. The molecule has 1 aliphatic carbocycles. The third kappa shape index (κ3) is 4.87. The van der Waals surface area contributed by atoms with Gasteiger partial charge in [0, 0.05) is 25.7 Å². The molecule has 7 heteroatoms. The highest BCUT2D eigenvalue weighted by Gasteiger charge is 2.43. The molecule has 0 radical (unpaired) electrons. The average molecular weight is 397 g/mol. The summed E-state index contributed by atoms with van der Waals surface area (Å²) in [6.07, 6.45) is -0.410. The Kier molecular flexibility index (Phi) is 6.65. The Balaban J connectivity index is 1.55. The number of likely N-dealkylation sites (N-methyl/N-ethyl adjacent to an activating group) is 1. The van der Waals surface area contributed by atoms with E-state index in [1.54, 1.807) is 12.1 Å². The van der Waals surface area contributed by atoms with Crippen LogP contribution >= 0.6 is 0 Å². The van der Waals surface area contributed by atoms with Gasteiger partial charge in [-0.15, -0.1) is 0 Å². The van der Waals surface area contributed by atoms with E-state index in [2.05, 4.69) is 22.5 Å². The SMILES string of the molecule is CCC[C@H](NC)C(=O)N[C@H]1CC[C@@H]2CN(Cc3ccc(C(F)(F)F)cc3)C[C@@H]21. The fraction of sp³-hybridized carbons (Fsp3) is 0.667. The Labute approximate surface area is 164 Å². The van der Waals surface area contributed by atoms with Gasteiger partial charge in [0.05, 0.1) is 11.6 Å². The molecule has 1 saturated carbocycles. The third-order valence-electron chi connectivity index (χ3n) is 6.19. The number of carbonyl (C=O) groups is 1. The highest BCUT2D eigenvalue weighted by molar-refractivity contribution is 5.82. The number of amides is 1. The average Bonchev–Trinajstić information content (AvgIpc) is 3.20. The normalized spacial score (nSPS) is 26.2. The van der Waals surface area contributed by atoms with E-state index in [1.165, 1.54) is 0 Å². The number of hydrogen-bond donors (Lipinski definition) is 2. The first-order valence-electron chi connectivity index (χ1n) is 10.2. The van der Waals surface area contributed by atoms with Crippen molar-refractivity contribution in [2.75, 3.05) is 20.1 Å². The fourth-order valence-corrected chi connectivity index (χ4v) is 4.70. The zero-order chi connectivity index (χ0) is 20.3. The van der Waals surface area contributed by atoms with Crippen LogP contribution in [0.2, 0.25) is 0 Å². The van der Waals surface area contributed by atoms with Crippen LogP contribution in [0.4, 0.5) is 13.2 Å². The Morgan fingerprint density at radius 2 is 1.93 bits per heavy atom. The number of carbonyl (C=O) groups excluding carboxylic acids is 1. The van der Waals surface area contributed by atoms with Crippen LogP contribution in [0.1, 0.15) is 43.7 Å². The van der Waals surface area contributed by atoms with Gasteiger partial charge >= 0.3 is 6.18 Å². The summed E-state index contributed by atoms with van der Waals surface area (Å²) in [7, 11) is 1.82. The second-order valence-corrected chi connectivity index (χ2v) is 8.14. The number of hydrogen-bond acceptors (Lipinski definition) is 3. The van der Waals surface area contributed by atoms with Crippen LogP contribution in [-0.2, 0) is 17.5 Å². The Morgan fingerprint density at radius 1 is 1.21 bits per heavy atom. The lowest BCUT2D eigenvalue weighted by Crippen LogP contribution is -2.48. The van der Waals surface area contributed by atoms with Gasteiger partial charge in [-0.05, 0) is 55.8 Å². The number of alkyl halides is 3. The molecule has 1 heterocycles. The molecule has 1 saturated heterocycles. The molecule has 3 rings (SSSR count). The molecule has 0 unspecified atom stereocenters. The molecule has 1 aromatic carbocycles. The van der Waals surface area contributed by atoms with Gasteiger partial charge in [-0.25, -0.2) is 0 Å². The van der Waals surface area contributed by atoms with E-state index < -0.39 is 11.7 Å². The summed E-state index contributed by atoms with van der Waals surface area (Å²) in [6.45, 7) is 4.55. The van der Waals surface area contributed by atoms with E-state index in [1.807, 2.05) is 7.05 Å². The number of likely N-dealkylation sites (tertiary alicyclic amines) is 1. The van der Waals surface area contributed by atoms with E-state index in [4.69, 9.17) is 0 Å². The van der Waals surface area contributed by atoms with Gasteiger partial charge in [0.1, 0.15) is 0 Å². The second-order valence-electron chi connectivity index (χ2n) is 8.14. The van der Waals surface area contributed by atoms with Crippen LogP contribution in [0.5, 0.6) is 0 Å². The molecule has 156 valence electrons. The molecule has 0 bridgehead atoms. The minimum absolute atomic E-state index is 0.0798. The highest BCUT2D eigenvalue weighted by Crippen LogP contribution is 2.39. The van der Waals surface area contributed by atoms with Crippen LogP contribution in [0, 0.1) is 11.8 Å². The summed E-state index contributed by atoms with van der Waals surface area (Å²) >= 11 is 0. The summed E-state index contributed by atoms with van der Waals surface area (Å²) in [4.78, 5) is 14.8. The third-order valence-corrected chi connectivity index (χ3v) is 6.19. The lowest BCUT2D eigenvalue weighted by Gasteiger charge is -2.24. The van der Waals surface area contributed by atoms with E-state index >= 15 is 0 Å². The minimum Gasteiger partial charge on any atom is -0.352 e. The zero-order valence-corrected chi connectivity index (χ0v) is 16.6. The van der Waals surface area contributed by atoms with Crippen LogP contribution in [0.3, 0.4) is 0 Å². The molecule has 4 atom stereocenters. The minimum atomic E-state index is -4.29. The largest absolute Gasteiger partial charge is 0.416 e. The molecule has 1 aromatic rings. The van der Waals surface area contributed by atoms with Crippen molar-refractivity contribution >= 4 is 5.91 Å². The molecular formula is C21H30F3N3O. The van der Waals surface area contributed by atoms with Crippen molar-refractivity contribution in [3.05, 3.63) is 35.4 Å². The van der Waals surface area contributed by atoms with Gasteiger partial charge in [-0.3, -0.25) is 9.69 Å². The summed E-state index contributed by atoms with van der Waals surface area (Å²) in [5.41, 5.74) is 0.287. The Morgan fingerprint density at radius 3 is 2.54 bits per heavy atom. The predicted octanol–water partition coefficient (Wildman–Crippen LogP) is 3.42. The molecule has 2 N–H and O–H groups in total. The molecular weight excluding hydrogens is 367 g/mol. The van der Waals surface area contributed by atoms with Crippen LogP contribution in [-0.4, -0.2) is 43.0 Å². The molecule has 0 spiro atoms. The smallest absolute Gasteiger partial charge is 0.352 e. The Bertz CT molecular complexity index is 662.